The van der Waals surface area contributed by atoms with Crippen molar-refractivity contribution in [1.29, 1.82) is 0 Å². The van der Waals surface area contributed by atoms with Gasteiger partial charge in [0.15, 0.2) is 5.16 Å². The number of para-hydroxylation sites is 1. The minimum atomic E-state index is -0.102. The normalized spacial score (nSPS) is 15.7. The van der Waals surface area contributed by atoms with Crippen LogP contribution in [0, 0.1) is 0 Å². The fraction of sp³-hybridized carbons (Fsp3) is 0.450. The topological polar surface area (TPSA) is 67.2 Å². The highest BCUT2D eigenvalue weighted by Gasteiger charge is 2.20. The van der Waals surface area contributed by atoms with Crippen molar-refractivity contribution >= 4 is 28.6 Å². The molecule has 1 aromatic carbocycles. The van der Waals surface area contributed by atoms with E-state index in [0.29, 0.717) is 22.6 Å². The lowest BCUT2D eigenvalue weighted by atomic mass is 10.1. The van der Waals surface area contributed by atoms with Crippen LogP contribution in [0.2, 0.25) is 0 Å². The smallest absolute Gasteiger partial charge is 0.262 e. The SMILES string of the molecule is C=CCn1c(SCC(=O)NC2CCN(CC)CC2)nc2ccccc2c1=O. The van der Waals surface area contributed by atoms with Crippen molar-refractivity contribution in [2.75, 3.05) is 25.4 Å². The van der Waals surface area contributed by atoms with Gasteiger partial charge >= 0.3 is 0 Å². The molecule has 27 heavy (non-hydrogen) atoms. The molecule has 3 rings (SSSR count). The Kier molecular flexibility index (Phi) is 6.68. The Morgan fingerprint density at radius 2 is 2.11 bits per heavy atom. The first-order valence-electron chi connectivity index (χ1n) is 9.37. The van der Waals surface area contributed by atoms with E-state index >= 15 is 0 Å². The molecule has 0 radical (unpaired) electrons. The zero-order valence-corrected chi connectivity index (χ0v) is 16.5. The number of aromatic nitrogens is 2. The van der Waals surface area contributed by atoms with Crippen molar-refractivity contribution in [3.63, 3.8) is 0 Å². The lowest BCUT2D eigenvalue weighted by Gasteiger charge is -2.31. The van der Waals surface area contributed by atoms with Crippen molar-refractivity contribution in [2.24, 2.45) is 0 Å². The Bertz CT molecular complexity index is 872. The number of carbonyl (C=O) groups is 1. The lowest BCUT2D eigenvalue weighted by molar-refractivity contribution is -0.119. The van der Waals surface area contributed by atoms with Gasteiger partial charge in [0.25, 0.3) is 5.56 Å². The molecule has 0 saturated carbocycles. The van der Waals surface area contributed by atoms with Gasteiger partial charge in [0.2, 0.25) is 5.91 Å². The van der Waals surface area contributed by atoms with Crippen molar-refractivity contribution in [2.45, 2.75) is 37.5 Å². The van der Waals surface area contributed by atoms with Crippen LogP contribution in [0.3, 0.4) is 0 Å². The number of carbonyl (C=O) groups excluding carboxylic acids is 1. The van der Waals surface area contributed by atoms with Crippen molar-refractivity contribution < 1.29 is 4.79 Å². The van der Waals surface area contributed by atoms with Gasteiger partial charge in [-0.25, -0.2) is 4.98 Å². The number of piperidine rings is 1. The number of fused-ring (bicyclic) bond motifs is 1. The predicted molar refractivity (Wildman–Crippen MR) is 110 cm³/mol. The fourth-order valence-corrected chi connectivity index (χ4v) is 4.16. The van der Waals surface area contributed by atoms with Gasteiger partial charge < -0.3 is 10.2 Å². The van der Waals surface area contributed by atoms with Crippen molar-refractivity contribution in [1.82, 2.24) is 19.8 Å². The van der Waals surface area contributed by atoms with Gasteiger partial charge in [-0.2, -0.15) is 0 Å². The first-order valence-corrected chi connectivity index (χ1v) is 10.4. The maximum atomic E-state index is 12.7. The quantitative estimate of drug-likeness (QED) is 0.449. The minimum absolute atomic E-state index is 0.0116. The molecular formula is C20H26N4O2S. The van der Waals surface area contributed by atoms with Gasteiger partial charge in [-0.1, -0.05) is 36.9 Å². The van der Waals surface area contributed by atoms with E-state index in [1.54, 1.807) is 16.7 Å². The molecule has 0 spiro atoms. The van der Waals surface area contributed by atoms with E-state index in [0.717, 1.165) is 32.5 Å². The highest BCUT2D eigenvalue weighted by Crippen LogP contribution is 2.18. The summed E-state index contributed by atoms with van der Waals surface area (Å²) in [7, 11) is 0. The van der Waals surface area contributed by atoms with E-state index in [2.05, 4.69) is 28.7 Å². The molecule has 0 atom stereocenters. The van der Waals surface area contributed by atoms with Crippen LogP contribution in [0.25, 0.3) is 10.9 Å². The van der Waals surface area contributed by atoms with E-state index in [1.807, 2.05) is 18.2 Å². The Hall–Kier alpha value is -2.12. The van der Waals surface area contributed by atoms with Crippen LogP contribution in [0.4, 0.5) is 0 Å². The third-order valence-corrected chi connectivity index (χ3v) is 5.85. The Morgan fingerprint density at radius 1 is 1.37 bits per heavy atom. The van der Waals surface area contributed by atoms with E-state index in [1.165, 1.54) is 11.8 Å². The van der Waals surface area contributed by atoms with Gasteiger partial charge in [-0.15, -0.1) is 6.58 Å². The number of nitrogens with zero attached hydrogens (tertiary/aromatic N) is 3. The van der Waals surface area contributed by atoms with E-state index < -0.39 is 0 Å². The van der Waals surface area contributed by atoms with Gasteiger partial charge in [0.1, 0.15) is 0 Å². The highest BCUT2D eigenvalue weighted by molar-refractivity contribution is 7.99. The summed E-state index contributed by atoms with van der Waals surface area (Å²) in [5, 5.41) is 4.25. The van der Waals surface area contributed by atoms with Crippen molar-refractivity contribution in [3.8, 4) is 0 Å². The number of amides is 1. The number of nitrogens with one attached hydrogen (secondary N) is 1. The molecule has 2 heterocycles. The second kappa shape index (κ2) is 9.19. The molecule has 2 aromatic rings. The molecule has 7 heteroatoms. The summed E-state index contributed by atoms with van der Waals surface area (Å²) in [6.07, 6.45) is 3.64. The van der Waals surface area contributed by atoms with Crippen LogP contribution in [0.5, 0.6) is 0 Å². The van der Waals surface area contributed by atoms with Gasteiger partial charge in [-0.3, -0.25) is 14.2 Å². The highest BCUT2D eigenvalue weighted by atomic mass is 32.2. The third kappa shape index (κ3) is 4.78. The Labute approximate surface area is 163 Å². The van der Waals surface area contributed by atoms with Gasteiger partial charge in [0, 0.05) is 25.7 Å². The molecular weight excluding hydrogens is 360 g/mol. The molecule has 0 bridgehead atoms. The van der Waals surface area contributed by atoms with E-state index in [9.17, 15) is 9.59 Å². The summed E-state index contributed by atoms with van der Waals surface area (Å²) in [5.41, 5.74) is 0.549. The number of hydrogen-bond acceptors (Lipinski definition) is 5. The molecule has 1 aliphatic heterocycles. The predicted octanol–water partition coefficient (Wildman–Crippen LogP) is 2.28. The molecule has 0 unspecified atom stereocenters. The summed E-state index contributed by atoms with van der Waals surface area (Å²) >= 11 is 1.30. The first kappa shape index (κ1) is 19.6. The lowest BCUT2D eigenvalue weighted by Crippen LogP contribution is -2.45. The van der Waals surface area contributed by atoms with Crippen LogP contribution in [0.15, 0.2) is 46.9 Å². The van der Waals surface area contributed by atoms with E-state index in [-0.39, 0.29) is 23.3 Å². The summed E-state index contributed by atoms with van der Waals surface area (Å²) < 4.78 is 1.58. The maximum Gasteiger partial charge on any atom is 0.262 e. The molecule has 0 aliphatic carbocycles. The zero-order chi connectivity index (χ0) is 19.2. The third-order valence-electron chi connectivity index (χ3n) is 4.87. The number of thioether (sulfide) groups is 1. The average Bonchev–Trinajstić information content (AvgIpc) is 2.69. The number of likely N-dealkylation sites (tertiary alicyclic amines) is 1. The van der Waals surface area contributed by atoms with Crippen LogP contribution in [0.1, 0.15) is 19.8 Å². The molecule has 1 amide bonds. The summed E-state index contributed by atoms with van der Waals surface area (Å²) in [5.74, 6) is 0.234. The molecule has 144 valence electrons. The monoisotopic (exact) mass is 386 g/mol. The number of hydrogen-bond donors (Lipinski definition) is 1. The van der Waals surface area contributed by atoms with Crippen LogP contribution >= 0.6 is 11.8 Å². The summed E-state index contributed by atoms with van der Waals surface area (Å²) in [4.78, 5) is 32.1. The minimum Gasteiger partial charge on any atom is -0.353 e. The Balaban J connectivity index is 1.67. The fourth-order valence-electron chi connectivity index (χ4n) is 3.34. The number of allylic oxidation sites excluding steroid dienone is 1. The van der Waals surface area contributed by atoms with Crippen LogP contribution < -0.4 is 10.9 Å². The Morgan fingerprint density at radius 3 is 2.81 bits per heavy atom. The molecule has 6 nitrogen and oxygen atoms in total. The maximum absolute atomic E-state index is 12.7. The largest absolute Gasteiger partial charge is 0.353 e. The average molecular weight is 387 g/mol. The molecule has 1 aromatic heterocycles. The standard InChI is InChI=1S/C20H26N4O2S/c1-3-11-24-19(26)16-7-5-6-8-17(16)22-20(24)27-14-18(25)21-15-9-12-23(4-2)13-10-15/h3,5-8,15H,1,4,9-14H2,2H3,(H,21,25). The first-order chi connectivity index (χ1) is 13.1. The molecule has 1 fully saturated rings. The zero-order valence-electron chi connectivity index (χ0n) is 15.7. The second-order valence-corrected chi connectivity index (χ2v) is 7.62. The summed E-state index contributed by atoms with van der Waals surface area (Å²) in [6, 6.07) is 7.51. The molecule has 1 N–H and O–H groups in total. The molecule has 1 saturated heterocycles. The van der Waals surface area contributed by atoms with Crippen LogP contribution in [-0.4, -0.2) is 51.8 Å². The summed E-state index contributed by atoms with van der Waals surface area (Å²) in [6.45, 7) is 9.37. The van der Waals surface area contributed by atoms with Gasteiger partial charge in [-0.05, 0) is 31.5 Å². The van der Waals surface area contributed by atoms with E-state index in [4.69, 9.17) is 0 Å². The van der Waals surface area contributed by atoms with Crippen LogP contribution in [-0.2, 0) is 11.3 Å². The number of benzene rings is 1. The second-order valence-electron chi connectivity index (χ2n) is 6.68. The van der Waals surface area contributed by atoms with Gasteiger partial charge in [0.05, 0.1) is 16.7 Å². The molecule has 1 aliphatic rings. The van der Waals surface area contributed by atoms with Crippen molar-refractivity contribution in [3.05, 3.63) is 47.3 Å². The number of rotatable bonds is 7.